The van der Waals surface area contributed by atoms with Gasteiger partial charge in [-0.2, -0.15) is 5.26 Å². The van der Waals surface area contributed by atoms with Crippen molar-refractivity contribution in [3.63, 3.8) is 0 Å². The second kappa shape index (κ2) is 6.98. The zero-order valence-electron chi connectivity index (χ0n) is 11.6. The van der Waals surface area contributed by atoms with E-state index < -0.39 is 0 Å². The Bertz CT molecular complexity index is 422. The molecule has 0 amide bonds. The van der Waals surface area contributed by atoms with Gasteiger partial charge in [0.05, 0.1) is 6.07 Å². The van der Waals surface area contributed by atoms with Crippen LogP contribution in [0.25, 0.3) is 0 Å². The van der Waals surface area contributed by atoms with Crippen LogP contribution in [0.4, 0.5) is 0 Å². The normalized spacial score (nSPS) is 17.7. The van der Waals surface area contributed by atoms with Crippen molar-refractivity contribution in [3.05, 3.63) is 30.3 Å². The predicted octanol–water partition coefficient (Wildman–Crippen LogP) is 3.98. The maximum absolute atomic E-state index is 9.45. The van der Waals surface area contributed by atoms with Crippen LogP contribution >= 0.6 is 11.8 Å². The van der Waals surface area contributed by atoms with Gasteiger partial charge in [0.25, 0.3) is 0 Å². The molecule has 1 aliphatic carbocycles. The van der Waals surface area contributed by atoms with Crippen LogP contribution in [-0.4, -0.2) is 17.3 Å². The van der Waals surface area contributed by atoms with Crippen LogP contribution in [0.3, 0.4) is 0 Å². The van der Waals surface area contributed by atoms with E-state index in [1.54, 1.807) is 0 Å². The van der Waals surface area contributed by atoms with E-state index >= 15 is 0 Å². The maximum Gasteiger partial charge on any atom is 0.106 e. The molecule has 1 saturated carbocycles. The number of hydrogen-bond donors (Lipinski definition) is 1. The van der Waals surface area contributed by atoms with Crippen LogP contribution in [0, 0.1) is 11.3 Å². The van der Waals surface area contributed by atoms with Gasteiger partial charge in [0, 0.05) is 10.9 Å². The Balaban J connectivity index is 1.74. The minimum Gasteiger partial charge on any atom is -0.297 e. The number of nitrogens with one attached hydrogen (secondary N) is 1. The molecular formula is C16H22N2S. The highest BCUT2D eigenvalue weighted by Gasteiger charge is 2.34. The monoisotopic (exact) mass is 274 g/mol. The third kappa shape index (κ3) is 4.56. The highest BCUT2D eigenvalue weighted by molar-refractivity contribution is 7.99. The molecule has 1 unspecified atom stereocenters. The van der Waals surface area contributed by atoms with E-state index in [2.05, 4.69) is 42.6 Å². The molecule has 0 spiro atoms. The van der Waals surface area contributed by atoms with Gasteiger partial charge in [-0.25, -0.2) is 0 Å². The lowest BCUT2D eigenvalue weighted by atomic mass is 9.92. The molecular weight excluding hydrogens is 252 g/mol. The van der Waals surface area contributed by atoms with Crippen molar-refractivity contribution in [1.82, 2.24) is 5.32 Å². The Kier molecular flexibility index (Phi) is 5.30. The Labute approximate surface area is 120 Å². The summed E-state index contributed by atoms with van der Waals surface area (Å²) in [5, 5.41) is 13.0. The lowest BCUT2D eigenvalue weighted by Crippen LogP contribution is -2.44. The van der Waals surface area contributed by atoms with Crippen molar-refractivity contribution < 1.29 is 0 Å². The van der Waals surface area contributed by atoms with Gasteiger partial charge in [-0.3, -0.25) is 5.32 Å². The first-order valence-electron chi connectivity index (χ1n) is 7.15. The van der Waals surface area contributed by atoms with Crippen LogP contribution < -0.4 is 5.32 Å². The Morgan fingerprint density at radius 2 is 2.11 bits per heavy atom. The van der Waals surface area contributed by atoms with E-state index in [9.17, 15) is 5.26 Å². The van der Waals surface area contributed by atoms with Gasteiger partial charge in [-0.1, -0.05) is 25.1 Å². The van der Waals surface area contributed by atoms with Crippen molar-refractivity contribution in [2.75, 3.05) is 5.75 Å². The van der Waals surface area contributed by atoms with E-state index in [0.29, 0.717) is 6.04 Å². The number of hydrogen-bond acceptors (Lipinski definition) is 3. The fraction of sp³-hybridized carbons (Fsp3) is 0.562. The molecule has 1 fully saturated rings. The molecule has 2 nitrogen and oxygen atoms in total. The fourth-order valence-electron chi connectivity index (χ4n) is 2.22. The lowest BCUT2D eigenvalue weighted by molar-refractivity contribution is 0.367. The van der Waals surface area contributed by atoms with Gasteiger partial charge in [-0.15, -0.1) is 11.8 Å². The highest BCUT2D eigenvalue weighted by Crippen LogP contribution is 2.28. The molecule has 1 aromatic rings. The molecule has 1 atom stereocenters. The summed E-state index contributed by atoms with van der Waals surface area (Å²) >= 11 is 1.88. The van der Waals surface area contributed by atoms with Gasteiger partial charge in [0.2, 0.25) is 0 Å². The molecule has 1 N–H and O–H groups in total. The largest absolute Gasteiger partial charge is 0.297 e. The van der Waals surface area contributed by atoms with Crippen LogP contribution in [0.15, 0.2) is 35.2 Å². The second-order valence-electron chi connectivity index (χ2n) is 5.23. The zero-order chi connectivity index (χ0) is 13.6. The average Bonchev–Trinajstić information content (AvgIpc) is 3.27. The summed E-state index contributed by atoms with van der Waals surface area (Å²) < 4.78 is 0. The van der Waals surface area contributed by atoms with E-state index in [1.807, 2.05) is 17.8 Å². The number of thioether (sulfide) groups is 1. The lowest BCUT2D eigenvalue weighted by Gasteiger charge is -2.26. The number of rotatable bonds is 8. The van der Waals surface area contributed by atoms with E-state index in [1.165, 1.54) is 17.7 Å². The van der Waals surface area contributed by atoms with Crippen molar-refractivity contribution >= 4 is 11.8 Å². The summed E-state index contributed by atoms with van der Waals surface area (Å²) in [5.41, 5.74) is -0.293. The molecule has 0 aromatic heterocycles. The first-order chi connectivity index (χ1) is 9.28. The quantitative estimate of drug-likeness (QED) is 0.575. The zero-order valence-corrected chi connectivity index (χ0v) is 12.4. The van der Waals surface area contributed by atoms with Crippen LogP contribution in [0.5, 0.6) is 0 Å². The first kappa shape index (κ1) is 14.4. The Hall–Kier alpha value is -0.980. The molecule has 102 valence electrons. The number of nitrogens with zero attached hydrogens (tertiary/aromatic N) is 1. The third-order valence-electron chi connectivity index (χ3n) is 3.64. The van der Waals surface area contributed by atoms with Gasteiger partial charge in [0.1, 0.15) is 5.54 Å². The van der Waals surface area contributed by atoms with Crippen molar-refractivity contribution in [2.45, 2.75) is 55.5 Å². The van der Waals surface area contributed by atoms with Gasteiger partial charge in [0.15, 0.2) is 0 Å². The maximum atomic E-state index is 9.45. The molecule has 0 heterocycles. The summed E-state index contributed by atoms with van der Waals surface area (Å²) in [4.78, 5) is 1.32. The summed E-state index contributed by atoms with van der Waals surface area (Å²) in [6, 6.07) is 13.6. The fourth-order valence-corrected chi connectivity index (χ4v) is 3.09. The molecule has 0 saturated heterocycles. The molecule has 0 aliphatic heterocycles. The van der Waals surface area contributed by atoms with Crippen molar-refractivity contribution in [2.24, 2.45) is 0 Å². The van der Waals surface area contributed by atoms with E-state index in [-0.39, 0.29) is 5.54 Å². The second-order valence-corrected chi connectivity index (χ2v) is 6.40. The van der Waals surface area contributed by atoms with Crippen LogP contribution in [0.2, 0.25) is 0 Å². The standard InChI is InChI=1S/C16H22N2S/c1-2-16(13-17,18-14-9-10-14)11-6-12-19-15-7-4-3-5-8-15/h3-5,7-8,14,18H,2,6,9-12H2,1H3. The highest BCUT2D eigenvalue weighted by atomic mass is 32.2. The topological polar surface area (TPSA) is 35.8 Å². The minimum absolute atomic E-state index is 0.293. The molecule has 1 aromatic carbocycles. The number of benzene rings is 1. The summed E-state index contributed by atoms with van der Waals surface area (Å²) in [5.74, 6) is 1.08. The summed E-state index contributed by atoms with van der Waals surface area (Å²) in [7, 11) is 0. The van der Waals surface area contributed by atoms with E-state index in [4.69, 9.17) is 0 Å². The van der Waals surface area contributed by atoms with Gasteiger partial charge < -0.3 is 0 Å². The molecule has 0 bridgehead atoms. The molecule has 1 aliphatic rings. The van der Waals surface area contributed by atoms with E-state index in [0.717, 1.165) is 25.0 Å². The van der Waals surface area contributed by atoms with Crippen LogP contribution in [-0.2, 0) is 0 Å². The number of nitriles is 1. The minimum atomic E-state index is -0.293. The van der Waals surface area contributed by atoms with Gasteiger partial charge >= 0.3 is 0 Å². The van der Waals surface area contributed by atoms with Gasteiger partial charge in [-0.05, 0) is 50.0 Å². The Morgan fingerprint density at radius 1 is 1.37 bits per heavy atom. The third-order valence-corrected chi connectivity index (χ3v) is 4.73. The smallest absolute Gasteiger partial charge is 0.106 e. The van der Waals surface area contributed by atoms with Crippen molar-refractivity contribution in [1.29, 1.82) is 5.26 Å². The predicted molar refractivity (Wildman–Crippen MR) is 81.2 cm³/mol. The molecule has 3 heteroatoms. The molecule has 19 heavy (non-hydrogen) atoms. The van der Waals surface area contributed by atoms with Crippen molar-refractivity contribution in [3.8, 4) is 6.07 Å². The summed E-state index contributed by atoms with van der Waals surface area (Å²) in [6.45, 7) is 2.11. The summed E-state index contributed by atoms with van der Waals surface area (Å²) in [6.07, 6.45) is 5.41. The molecule has 0 radical (unpaired) electrons. The first-order valence-corrected chi connectivity index (χ1v) is 8.13. The Morgan fingerprint density at radius 3 is 2.68 bits per heavy atom. The average molecular weight is 274 g/mol. The van der Waals surface area contributed by atoms with Crippen LogP contribution in [0.1, 0.15) is 39.0 Å². The molecule has 2 rings (SSSR count). The SMILES string of the molecule is CCC(C#N)(CCCSc1ccccc1)NC1CC1.